The largest absolute Gasteiger partial charge is 0.395 e. The number of hydrogen-bond donors (Lipinski definition) is 1. The van der Waals surface area contributed by atoms with Crippen molar-refractivity contribution in [3.05, 3.63) is 80.2 Å². The summed E-state index contributed by atoms with van der Waals surface area (Å²) in [5.74, 6) is -4.26. The minimum Gasteiger partial charge on any atom is -0.395 e. The van der Waals surface area contributed by atoms with Gasteiger partial charge in [0.15, 0.2) is 17.3 Å². The highest BCUT2D eigenvalue weighted by atomic mass is 35.5. The summed E-state index contributed by atoms with van der Waals surface area (Å²) in [5.41, 5.74) is 4.68. The lowest BCUT2D eigenvalue weighted by molar-refractivity contribution is -0.128. The van der Waals surface area contributed by atoms with Crippen molar-refractivity contribution in [3.63, 3.8) is 0 Å². The molecule has 0 aliphatic carbocycles. The molecule has 1 aromatic carbocycles. The molecule has 5 rings (SSSR count). The number of carbonyl (C=O) groups excluding carboxylic acids is 1. The average molecular weight is 647 g/mol. The van der Waals surface area contributed by atoms with E-state index in [0.717, 1.165) is 6.07 Å². The van der Waals surface area contributed by atoms with E-state index in [2.05, 4.69) is 21.5 Å². The van der Waals surface area contributed by atoms with E-state index in [0.29, 0.717) is 23.5 Å². The molecule has 9 nitrogen and oxygen atoms in total. The quantitative estimate of drug-likeness (QED) is 0.126. The van der Waals surface area contributed by atoms with Gasteiger partial charge >= 0.3 is 5.69 Å². The lowest BCUT2D eigenvalue weighted by atomic mass is 10.0. The van der Waals surface area contributed by atoms with E-state index in [1.165, 1.54) is 10.6 Å². The van der Waals surface area contributed by atoms with Gasteiger partial charge in [-0.1, -0.05) is 43.6 Å². The number of fused-ring (bicyclic) bond motifs is 1. The van der Waals surface area contributed by atoms with Crippen LogP contribution in [0.5, 0.6) is 0 Å². The average Bonchev–Trinajstić information content (AvgIpc) is 2.99. The Morgan fingerprint density at radius 3 is 2.50 bits per heavy atom. The van der Waals surface area contributed by atoms with E-state index in [-0.39, 0.29) is 47.8 Å². The van der Waals surface area contributed by atoms with Gasteiger partial charge in [-0.25, -0.2) is 27.5 Å². The zero-order valence-corrected chi connectivity index (χ0v) is 25.8. The van der Waals surface area contributed by atoms with Gasteiger partial charge in [0, 0.05) is 37.4 Å². The number of piperazine rings is 1. The molecule has 3 aromatic heterocycles. The number of halogens is 5. The van der Waals surface area contributed by atoms with Crippen molar-refractivity contribution in [2.75, 3.05) is 30.3 Å². The fourth-order valence-corrected chi connectivity index (χ4v) is 6.04. The first-order valence-electron chi connectivity index (χ1n) is 13.7. The first-order chi connectivity index (χ1) is 20.8. The van der Waals surface area contributed by atoms with Crippen molar-refractivity contribution in [2.45, 2.75) is 39.7 Å². The van der Waals surface area contributed by atoms with Gasteiger partial charge in [-0.2, -0.15) is 4.98 Å². The number of rotatable bonds is 5. The molecule has 1 atom stereocenters. The first kappa shape index (κ1) is 31.3. The zero-order valence-electron chi connectivity index (χ0n) is 24.3. The Hall–Kier alpha value is -4.16. The maximum absolute atomic E-state index is 16.0. The second-order valence-electron chi connectivity index (χ2n) is 10.8. The summed E-state index contributed by atoms with van der Waals surface area (Å²) < 4.78 is 46.3. The fraction of sp³-hybridized carbons (Fsp3) is 0.300. The number of carbonyl (C=O) groups is 1. The summed E-state index contributed by atoms with van der Waals surface area (Å²) in [7, 11) is 0. The fourth-order valence-electron chi connectivity index (χ4n) is 5.46. The first-order valence-corrected chi connectivity index (χ1v) is 14.4. The standard InChI is InChI=1S/C30H28Cl2F3N7O2/c1-6-18(43)41-10-9-40(12-15(41)5)28-16-11-17(33)26(19-20(31)22(34)23(35)24(36)21(19)32)38-29(16)42(30(44)39-28)27-14(4)7-8-37-25(27)13(2)3/h6-8,11,13,15H,1,9-10,12,36H2,2-5H3/t15-/m1/s1. The van der Waals surface area contributed by atoms with Gasteiger partial charge in [-0.15, -0.1) is 0 Å². The molecular formula is C30H28Cl2F3N7O2. The van der Waals surface area contributed by atoms with Gasteiger partial charge in [-0.3, -0.25) is 9.78 Å². The van der Waals surface area contributed by atoms with Gasteiger partial charge in [0.05, 0.1) is 32.5 Å². The second-order valence-corrected chi connectivity index (χ2v) is 11.6. The normalized spacial score (nSPS) is 15.4. The summed E-state index contributed by atoms with van der Waals surface area (Å²) >= 11 is 12.4. The van der Waals surface area contributed by atoms with Crippen LogP contribution in [0.2, 0.25) is 10.0 Å². The topological polar surface area (TPSA) is 110 Å². The SMILES string of the molecule is C=CC(=O)N1CCN(c2nc(=O)n(-c3c(C)ccnc3C(C)C)c3nc(-c4c(Cl)c(N)c(F)c(F)c4Cl)c(F)cc23)C[C@H]1C. The smallest absolute Gasteiger partial charge is 0.355 e. The summed E-state index contributed by atoms with van der Waals surface area (Å²) in [6, 6.07) is 2.51. The molecule has 2 N–H and O–H groups in total. The molecule has 1 aliphatic heterocycles. The van der Waals surface area contributed by atoms with Crippen LogP contribution in [-0.4, -0.2) is 56.0 Å². The molecule has 0 saturated carbocycles. The van der Waals surface area contributed by atoms with E-state index in [1.807, 2.05) is 20.8 Å². The lowest BCUT2D eigenvalue weighted by Gasteiger charge is -2.40. The predicted octanol–water partition coefficient (Wildman–Crippen LogP) is 5.80. The van der Waals surface area contributed by atoms with Gasteiger partial charge in [0.25, 0.3) is 0 Å². The zero-order chi connectivity index (χ0) is 32.2. The molecule has 4 aromatic rings. The van der Waals surface area contributed by atoms with Crippen LogP contribution >= 0.6 is 23.2 Å². The van der Waals surface area contributed by atoms with Crippen LogP contribution in [0.25, 0.3) is 28.0 Å². The highest BCUT2D eigenvalue weighted by molar-refractivity contribution is 6.41. The summed E-state index contributed by atoms with van der Waals surface area (Å²) in [4.78, 5) is 43.0. The Balaban J connectivity index is 1.86. The van der Waals surface area contributed by atoms with Crippen molar-refractivity contribution in [3.8, 4) is 16.9 Å². The number of nitrogens with two attached hydrogens (primary N) is 1. The van der Waals surface area contributed by atoms with E-state index < -0.39 is 50.1 Å². The minimum atomic E-state index is -1.52. The van der Waals surface area contributed by atoms with Crippen molar-refractivity contribution in [1.82, 2.24) is 24.4 Å². The Labute approximate surface area is 260 Å². The summed E-state index contributed by atoms with van der Waals surface area (Å²) in [6.45, 7) is 11.8. The van der Waals surface area contributed by atoms with E-state index in [4.69, 9.17) is 28.9 Å². The van der Waals surface area contributed by atoms with Gasteiger partial charge in [0.1, 0.15) is 17.3 Å². The van der Waals surface area contributed by atoms with Crippen molar-refractivity contribution in [2.24, 2.45) is 0 Å². The number of amides is 1. The van der Waals surface area contributed by atoms with E-state index in [1.54, 1.807) is 29.0 Å². The molecule has 0 spiro atoms. The van der Waals surface area contributed by atoms with Crippen LogP contribution in [0, 0.1) is 24.4 Å². The maximum Gasteiger partial charge on any atom is 0.355 e. The number of pyridine rings is 2. The molecule has 1 saturated heterocycles. The Bertz CT molecular complexity index is 1890. The van der Waals surface area contributed by atoms with Crippen LogP contribution in [-0.2, 0) is 4.79 Å². The summed E-state index contributed by atoms with van der Waals surface area (Å²) in [5, 5.41) is -1.23. The second kappa shape index (κ2) is 11.7. The number of aryl methyl sites for hydroxylation is 1. The van der Waals surface area contributed by atoms with Crippen LogP contribution in [0.1, 0.15) is 37.9 Å². The van der Waals surface area contributed by atoms with E-state index >= 15 is 4.39 Å². The maximum atomic E-state index is 16.0. The Kier molecular flexibility index (Phi) is 8.34. The molecule has 1 amide bonds. The lowest BCUT2D eigenvalue weighted by Crippen LogP contribution is -2.54. The Morgan fingerprint density at radius 2 is 1.86 bits per heavy atom. The molecule has 0 radical (unpaired) electrons. The third-order valence-corrected chi connectivity index (χ3v) is 8.39. The minimum absolute atomic E-state index is 0.0536. The molecule has 4 heterocycles. The highest BCUT2D eigenvalue weighted by Crippen LogP contribution is 2.43. The van der Waals surface area contributed by atoms with Crippen LogP contribution in [0.15, 0.2) is 35.8 Å². The molecule has 230 valence electrons. The third kappa shape index (κ3) is 5.05. The van der Waals surface area contributed by atoms with Gasteiger partial charge in [-0.05, 0) is 43.5 Å². The molecule has 1 aliphatic rings. The van der Waals surface area contributed by atoms with E-state index in [9.17, 15) is 18.4 Å². The molecule has 14 heteroatoms. The number of benzene rings is 1. The molecule has 44 heavy (non-hydrogen) atoms. The van der Waals surface area contributed by atoms with Crippen molar-refractivity contribution < 1.29 is 18.0 Å². The Morgan fingerprint density at radius 1 is 1.16 bits per heavy atom. The number of aromatic nitrogens is 4. The summed E-state index contributed by atoms with van der Waals surface area (Å²) in [6.07, 6.45) is 2.84. The van der Waals surface area contributed by atoms with Crippen LogP contribution in [0.3, 0.4) is 0 Å². The van der Waals surface area contributed by atoms with Crippen molar-refractivity contribution in [1.29, 1.82) is 0 Å². The molecule has 0 unspecified atom stereocenters. The predicted molar refractivity (Wildman–Crippen MR) is 165 cm³/mol. The van der Waals surface area contributed by atoms with Gasteiger partial charge < -0.3 is 15.5 Å². The van der Waals surface area contributed by atoms with Gasteiger partial charge in [0.2, 0.25) is 5.91 Å². The third-order valence-electron chi connectivity index (χ3n) is 7.65. The molecule has 0 bridgehead atoms. The molecular weight excluding hydrogens is 618 g/mol. The number of nitrogens with zero attached hydrogens (tertiary/aromatic N) is 6. The number of nitrogen functional groups attached to an aromatic ring is 1. The highest BCUT2D eigenvalue weighted by Gasteiger charge is 2.31. The molecule has 1 fully saturated rings. The van der Waals surface area contributed by atoms with Crippen LogP contribution in [0.4, 0.5) is 24.7 Å². The monoisotopic (exact) mass is 645 g/mol. The number of hydrogen-bond acceptors (Lipinski definition) is 7. The van der Waals surface area contributed by atoms with Crippen LogP contribution < -0.4 is 16.3 Å². The number of anilines is 2. The van der Waals surface area contributed by atoms with Crippen molar-refractivity contribution >= 4 is 51.6 Å².